The predicted octanol–water partition coefficient (Wildman–Crippen LogP) is 1.75. The first kappa shape index (κ1) is 17.9. The largest absolute Gasteiger partial charge is 0.390 e. The van der Waals surface area contributed by atoms with Gasteiger partial charge in [0.15, 0.2) is 0 Å². The summed E-state index contributed by atoms with van der Waals surface area (Å²) in [5, 5.41) is 9.63. The van der Waals surface area contributed by atoms with Crippen LogP contribution in [0.3, 0.4) is 0 Å². The molecule has 2 atom stereocenters. The lowest BCUT2D eigenvalue weighted by molar-refractivity contribution is -0.120. The Bertz CT molecular complexity index is 211. The Morgan fingerprint density at radius 3 is 2.67 bits per heavy atom. The molecule has 0 heterocycles. The Balaban J connectivity index is 3.44. The van der Waals surface area contributed by atoms with E-state index >= 15 is 0 Å². The van der Waals surface area contributed by atoms with Crippen molar-refractivity contribution in [2.75, 3.05) is 38.4 Å². The molecule has 5 heteroatoms. The molecule has 0 saturated heterocycles. The van der Waals surface area contributed by atoms with Crippen molar-refractivity contribution in [3.63, 3.8) is 0 Å². The van der Waals surface area contributed by atoms with E-state index in [4.69, 9.17) is 9.47 Å². The van der Waals surface area contributed by atoms with E-state index in [9.17, 15) is 9.90 Å². The Hall–Kier alpha value is -0.100. The van der Waals surface area contributed by atoms with Crippen molar-refractivity contribution >= 4 is 17.5 Å². The number of aliphatic hydroxyl groups excluding tert-OH is 1. The second-order valence-corrected chi connectivity index (χ2v) is 5.45. The molecule has 0 aromatic rings. The van der Waals surface area contributed by atoms with Gasteiger partial charge in [-0.25, -0.2) is 0 Å². The van der Waals surface area contributed by atoms with Gasteiger partial charge in [-0.05, 0) is 25.5 Å². The number of ether oxygens (including phenoxy) is 2. The first-order chi connectivity index (χ1) is 8.61. The molecule has 0 radical (unpaired) electrons. The minimum Gasteiger partial charge on any atom is -0.390 e. The van der Waals surface area contributed by atoms with E-state index in [0.29, 0.717) is 25.6 Å². The third-order valence-corrected chi connectivity index (χ3v) is 3.88. The second kappa shape index (κ2) is 12.0. The molecule has 0 saturated carbocycles. The van der Waals surface area contributed by atoms with Gasteiger partial charge in [-0.1, -0.05) is 6.92 Å². The number of thioether (sulfide) groups is 1. The van der Waals surface area contributed by atoms with Crippen molar-refractivity contribution in [3.8, 4) is 0 Å². The maximum Gasteiger partial charge on any atom is 0.132 e. The maximum atomic E-state index is 11.2. The molecular weight excluding hydrogens is 252 g/mol. The average Bonchev–Trinajstić information content (AvgIpc) is 2.34. The summed E-state index contributed by atoms with van der Waals surface area (Å²) in [5.41, 5.74) is 0. The van der Waals surface area contributed by atoms with Crippen LogP contribution in [0.5, 0.6) is 0 Å². The first-order valence-electron chi connectivity index (χ1n) is 6.44. The van der Waals surface area contributed by atoms with E-state index in [-0.39, 0.29) is 11.7 Å². The van der Waals surface area contributed by atoms with Crippen LogP contribution in [0.15, 0.2) is 0 Å². The van der Waals surface area contributed by atoms with Gasteiger partial charge in [0, 0.05) is 18.8 Å². The van der Waals surface area contributed by atoms with Crippen molar-refractivity contribution in [1.82, 2.24) is 0 Å². The molecule has 0 fully saturated rings. The zero-order valence-electron chi connectivity index (χ0n) is 11.7. The monoisotopic (exact) mass is 278 g/mol. The number of carbonyl (C=O) groups is 1. The highest BCUT2D eigenvalue weighted by Crippen LogP contribution is 2.14. The lowest BCUT2D eigenvalue weighted by Crippen LogP contribution is -2.20. The first-order valence-corrected chi connectivity index (χ1v) is 7.60. The summed E-state index contributed by atoms with van der Waals surface area (Å²) in [5.74, 6) is 2.00. The molecular formula is C13H26O4S. The van der Waals surface area contributed by atoms with Gasteiger partial charge >= 0.3 is 0 Å². The van der Waals surface area contributed by atoms with Gasteiger partial charge < -0.3 is 14.6 Å². The van der Waals surface area contributed by atoms with Crippen molar-refractivity contribution < 1.29 is 19.4 Å². The Kier molecular flexibility index (Phi) is 11.9. The second-order valence-electron chi connectivity index (χ2n) is 4.30. The molecule has 0 rings (SSSR count). The number of hydrogen-bond acceptors (Lipinski definition) is 5. The summed E-state index contributed by atoms with van der Waals surface area (Å²) < 4.78 is 10.1. The number of aliphatic hydroxyl groups is 1. The van der Waals surface area contributed by atoms with Gasteiger partial charge in [0.1, 0.15) is 5.78 Å². The van der Waals surface area contributed by atoms with Crippen molar-refractivity contribution in [1.29, 1.82) is 0 Å². The fourth-order valence-corrected chi connectivity index (χ4v) is 2.54. The van der Waals surface area contributed by atoms with E-state index in [1.165, 1.54) is 0 Å². The molecule has 108 valence electrons. The van der Waals surface area contributed by atoms with E-state index in [2.05, 4.69) is 0 Å². The van der Waals surface area contributed by atoms with Crippen LogP contribution in [0, 0.1) is 5.92 Å². The molecule has 0 aliphatic carbocycles. The molecule has 1 N–H and O–H groups in total. The van der Waals surface area contributed by atoms with Crippen LogP contribution in [0.25, 0.3) is 0 Å². The van der Waals surface area contributed by atoms with E-state index < -0.39 is 6.10 Å². The topological polar surface area (TPSA) is 55.8 Å². The summed E-state index contributed by atoms with van der Waals surface area (Å²) in [6.45, 7) is 5.10. The molecule has 4 nitrogen and oxygen atoms in total. The molecule has 2 unspecified atom stereocenters. The molecule has 0 aromatic carbocycles. The fourth-order valence-electron chi connectivity index (χ4n) is 1.55. The molecule has 0 amide bonds. The Morgan fingerprint density at radius 2 is 2.11 bits per heavy atom. The minimum atomic E-state index is -0.440. The van der Waals surface area contributed by atoms with Gasteiger partial charge in [-0.3, -0.25) is 4.79 Å². The van der Waals surface area contributed by atoms with Crippen LogP contribution >= 0.6 is 11.8 Å². The molecule has 0 aliphatic heterocycles. The molecule has 0 spiro atoms. The van der Waals surface area contributed by atoms with Gasteiger partial charge in [-0.15, -0.1) is 0 Å². The summed E-state index contributed by atoms with van der Waals surface area (Å²) >= 11 is 1.67. The van der Waals surface area contributed by atoms with Crippen LogP contribution in [-0.2, 0) is 14.3 Å². The molecule has 0 aromatic heterocycles. The lowest BCUT2D eigenvalue weighted by atomic mass is 10.00. The predicted molar refractivity (Wildman–Crippen MR) is 75.1 cm³/mol. The van der Waals surface area contributed by atoms with E-state index in [1.807, 2.05) is 6.92 Å². The van der Waals surface area contributed by atoms with Gasteiger partial charge in [-0.2, -0.15) is 11.8 Å². The molecule has 0 aliphatic rings. The summed E-state index contributed by atoms with van der Waals surface area (Å²) in [7, 11) is 1.62. The number of rotatable bonds is 12. The number of Topliss-reactive ketones (excluding diaryl/α,β-unsaturated/α-hetero) is 1. The van der Waals surface area contributed by atoms with Gasteiger partial charge in [0.25, 0.3) is 0 Å². The normalized spacial score (nSPS) is 14.4. The van der Waals surface area contributed by atoms with Crippen LogP contribution < -0.4 is 0 Å². The number of carbonyl (C=O) groups excluding carboxylic acids is 1. The highest BCUT2D eigenvalue weighted by atomic mass is 32.2. The SMILES string of the molecule is CCC(CCSCC(O)COCCOC)C(C)=O. The quantitative estimate of drug-likeness (QED) is 0.551. The third kappa shape index (κ3) is 9.88. The summed E-state index contributed by atoms with van der Waals surface area (Å²) in [4.78, 5) is 11.2. The van der Waals surface area contributed by atoms with Gasteiger partial charge in [0.2, 0.25) is 0 Å². The molecule has 18 heavy (non-hydrogen) atoms. The van der Waals surface area contributed by atoms with Crippen LogP contribution in [-0.4, -0.2) is 55.4 Å². The Labute approximate surface area is 114 Å². The fraction of sp³-hybridized carbons (Fsp3) is 0.923. The number of hydrogen-bond donors (Lipinski definition) is 1. The van der Waals surface area contributed by atoms with Crippen LogP contribution in [0.4, 0.5) is 0 Å². The summed E-state index contributed by atoms with van der Waals surface area (Å²) in [6, 6.07) is 0. The zero-order chi connectivity index (χ0) is 13.8. The van der Waals surface area contributed by atoms with Gasteiger partial charge in [0.05, 0.1) is 25.9 Å². The summed E-state index contributed by atoms with van der Waals surface area (Å²) in [6.07, 6.45) is 1.36. The van der Waals surface area contributed by atoms with E-state index in [0.717, 1.165) is 18.6 Å². The lowest BCUT2D eigenvalue weighted by Gasteiger charge is -2.13. The van der Waals surface area contributed by atoms with Crippen molar-refractivity contribution in [3.05, 3.63) is 0 Å². The highest BCUT2D eigenvalue weighted by Gasteiger charge is 2.11. The van der Waals surface area contributed by atoms with Crippen LogP contribution in [0.1, 0.15) is 26.7 Å². The van der Waals surface area contributed by atoms with Crippen molar-refractivity contribution in [2.45, 2.75) is 32.8 Å². The standard InChI is InChI=1S/C13H26O4S/c1-4-12(11(2)14)5-8-18-10-13(15)9-17-7-6-16-3/h12-13,15H,4-10H2,1-3H3. The zero-order valence-corrected chi connectivity index (χ0v) is 12.5. The smallest absolute Gasteiger partial charge is 0.132 e. The third-order valence-electron chi connectivity index (χ3n) is 2.73. The average molecular weight is 278 g/mol. The highest BCUT2D eigenvalue weighted by molar-refractivity contribution is 7.99. The number of methoxy groups -OCH3 is 1. The minimum absolute atomic E-state index is 0.174. The van der Waals surface area contributed by atoms with Crippen molar-refractivity contribution in [2.24, 2.45) is 5.92 Å². The Morgan fingerprint density at radius 1 is 1.39 bits per heavy atom. The van der Waals surface area contributed by atoms with Crippen LogP contribution in [0.2, 0.25) is 0 Å². The maximum absolute atomic E-state index is 11.2. The molecule has 0 bridgehead atoms. The number of ketones is 1. The van der Waals surface area contributed by atoms with E-state index in [1.54, 1.807) is 25.8 Å².